The second-order valence-corrected chi connectivity index (χ2v) is 4.76. The molecule has 0 saturated carbocycles. The number of rotatable bonds is 4. The van der Waals surface area contributed by atoms with Crippen LogP contribution in [0.1, 0.15) is 30.0 Å². The zero-order valence-electron chi connectivity index (χ0n) is 11.3. The first-order chi connectivity index (χ1) is 9.09. The third-order valence-corrected chi connectivity index (χ3v) is 2.67. The molecule has 1 N–H and O–H groups in total. The first kappa shape index (κ1) is 13.2. The molecule has 19 heavy (non-hydrogen) atoms. The predicted octanol–water partition coefficient (Wildman–Crippen LogP) is 1.36. The Hall–Kier alpha value is -2.24. The van der Waals surface area contributed by atoms with Crippen molar-refractivity contribution >= 4 is 5.91 Å². The summed E-state index contributed by atoms with van der Waals surface area (Å²) in [5.41, 5.74) is 1.25. The van der Waals surface area contributed by atoms with Crippen molar-refractivity contribution in [1.29, 1.82) is 0 Å². The Balaban J connectivity index is 2.32. The van der Waals surface area contributed by atoms with Crippen LogP contribution in [0, 0.1) is 12.8 Å². The van der Waals surface area contributed by atoms with E-state index in [4.69, 9.17) is 0 Å². The van der Waals surface area contributed by atoms with Gasteiger partial charge in [0.2, 0.25) is 0 Å². The molecule has 0 aliphatic rings. The molecule has 1 amide bonds. The third kappa shape index (κ3) is 2.96. The van der Waals surface area contributed by atoms with Crippen molar-refractivity contribution in [3.05, 3.63) is 35.7 Å². The highest BCUT2D eigenvalue weighted by molar-refractivity contribution is 5.97. The van der Waals surface area contributed by atoms with Gasteiger partial charge in [0, 0.05) is 6.54 Å². The lowest BCUT2D eigenvalue weighted by Gasteiger charge is -2.11. The van der Waals surface area contributed by atoms with Crippen LogP contribution in [-0.2, 0) is 0 Å². The number of nitrogens with one attached hydrogen (secondary N) is 1. The minimum atomic E-state index is -0.112. The van der Waals surface area contributed by atoms with E-state index in [1.165, 1.54) is 0 Å². The van der Waals surface area contributed by atoms with Gasteiger partial charge in [-0.25, -0.2) is 0 Å². The minimum absolute atomic E-state index is 0.112. The van der Waals surface area contributed by atoms with Crippen molar-refractivity contribution in [3.8, 4) is 5.69 Å². The topological polar surface area (TPSA) is 72.7 Å². The predicted molar refractivity (Wildman–Crippen MR) is 71.1 cm³/mol. The van der Waals surface area contributed by atoms with Gasteiger partial charge < -0.3 is 5.32 Å². The highest BCUT2D eigenvalue weighted by atomic mass is 16.1. The number of carbonyl (C=O) groups excluding carboxylic acids is 1. The molecule has 2 aromatic rings. The van der Waals surface area contributed by atoms with Crippen LogP contribution in [0.2, 0.25) is 0 Å². The molecule has 0 atom stereocenters. The molecule has 1 aromatic carbocycles. The fraction of sp³-hybridized carbons (Fsp3) is 0.385. The first-order valence-electron chi connectivity index (χ1n) is 6.22. The molecule has 0 fully saturated rings. The van der Waals surface area contributed by atoms with Crippen molar-refractivity contribution in [2.24, 2.45) is 5.92 Å². The molecule has 100 valence electrons. The number of para-hydroxylation sites is 1. The molecule has 0 saturated heterocycles. The Morgan fingerprint density at radius 2 is 2.11 bits per heavy atom. The van der Waals surface area contributed by atoms with E-state index >= 15 is 0 Å². The molecular weight excluding hydrogens is 242 g/mol. The van der Waals surface area contributed by atoms with Gasteiger partial charge in [0.05, 0.1) is 11.3 Å². The van der Waals surface area contributed by atoms with E-state index < -0.39 is 0 Å². The Bertz CT molecular complexity index is 576. The van der Waals surface area contributed by atoms with Gasteiger partial charge in [-0.05, 0) is 35.4 Å². The van der Waals surface area contributed by atoms with Crippen LogP contribution in [0.15, 0.2) is 24.3 Å². The number of aryl methyl sites for hydroxylation is 1. The Kier molecular flexibility index (Phi) is 3.89. The van der Waals surface area contributed by atoms with Crippen LogP contribution >= 0.6 is 0 Å². The van der Waals surface area contributed by atoms with E-state index in [0.29, 0.717) is 29.5 Å². The van der Waals surface area contributed by atoms with Crippen LogP contribution in [0.3, 0.4) is 0 Å². The summed E-state index contributed by atoms with van der Waals surface area (Å²) < 4.78 is 1.56. The van der Waals surface area contributed by atoms with E-state index in [1.807, 2.05) is 18.2 Å². The van der Waals surface area contributed by atoms with E-state index in [2.05, 4.69) is 34.7 Å². The second-order valence-electron chi connectivity index (χ2n) is 4.76. The summed E-state index contributed by atoms with van der Waals surface area (Å²) in [6.45, 7) is 6.54. The quantitative estimate of drug-likeness (QED) is 0.899. The summed E-state index contributed by atoms with van der Waals surface area (Å²) in [5, 5.41) is 14.2. The number of aromatic nitrogens is 4. The zero-order valence-corrected chi connectivity index (χ0v) is 11.3. The van der Waals surface area contributed by atoms with E-state index in [0.717, 1.165) is 0 Å². The third-order valence-electron chi connectivity index (χ3n) is 2.67. The largest absolute Gasteiger partial charge is 0.352 e. The van der Waals surface area contributed by atoms with Gasteiger partial charge >= 0.3 is 0 Å². The van der Waals surface area contributed by atoms with Gasteiger partial charge in [0.25, 0.3) is 5.91 Å². The molecule has 0 bridgehead atoms. The van der Waals surface area contributed by atoms with Crippen LogP contribution in [0.25, 0.3) is 5.69 Å². The lowest BCUT2D eigenvalue weighted by molar-refractivity contribution is 0.0949. The first-order valence-corrected chi connectivity index (χ1v) is 6.22. The lowest BCUT2D eigenvalue weighted by Crippen LogP contribution is -2.28. The van der Waals surface area contributed by atoms with Crippen molar-refractivity contribution < 1.29 is 4.79 Å². The Labute approximate surface area is 111 Å². The van der Waals surface area contributed by atoms with Gasteiger partial charge in [-0.1, -0.05) is 26.0 Å². The summed E-state index contributed by atoms with van der Waals surface area (Å²) in [4.78, 5) is 12.2. The van der Waals surface area contributed by atoms with Crippen LogP contribution in [0.5, 0.6) is 0 Å². The molecule has 0 radical (unpaired) electrons. The van der Waals surface area contributed by atoms with Gasteiger partial charge in [-0.2, -0.15) is 4.68 Å². The van der Waals surface area contributed by atoms with Gasteiger partial charge in [-0.3, -0.25) is 4.79 Å². The fourth-order valence-electron chi connectivity index (χ4n) is 1.70. The van der Waals surface area contributed by atoms with Crippen molar-refractivity contribution in [3.63, 3.8) is 0 Å². The average Bonchev–Trinajstić information content (AvgIpc) is 2.82. The average molecular weight is 259 g/mol. The number of tetrazole rings is 1. The number of hydrogen-bond acceptors (Lipinski definition) is 4. The molecule has 6 nitrogen and oxygen atoms in total. The zero-order chi connectivity index (χ0) is 13.8. The summed E-state index contributed by atoms with van der Waals surface area (Å²) in [6, 6.07) is 7.28. The van der Waals surface area contributed by atoms with Crippen molar-refractivity contribution in [2.45, 2.75) is 20.8 Å². The lowest BCUT2D eigenvalue weighted by atomic mass is 10.1. The van der Waals surface area contributed by atoms with E-state index in [9.17, 15) is 4.79 Å². The van der Waals surface area contributed by atoms with Gasteiger partial charge in [0.15, 0.2) is 5.82 Å². The molecule has 0 unspecified atom stereocenters. The highest BCUT2D eigenvalue weighted by Gasteiger charge is 2.14. The maximum Gasteiger partial charge on any atom is 0.253 e. The van der Waals surface area contributed by atoms with Gasteiger partial charge in [-0.15, -0.1) is 5.10 Å². The fourth-order valence-corrected chi connectivity index (χ4v) is 1.70. The number of hydrogen-bond donors (Lipinski definition) is 1. The molecule has 1 heterocycles. The van der Waals surface area contributed by atoms with Crippen molar-refractivity contribution in [1.82, 2.24) is 25.5 Å². The Morgan fingerprint density at radius 3 is 2.74 bits per heavy atom. The second kappa shape index (κ2) is 5.60. The smallest absolute Gasteiger partial charge is 0.253 e. The summed E-state index contributed by atoms with van der Waals surface area (Å²) in [6.07, 6.45) is 0. The summed E-state index contributed by atoms with van der Waals surface area (Å²) in [7, 11) is 0. The monoisotopic (exact) mass is 259 g/mol. The molecular formula is C13H17N5O. The summed E-state index contributed by atoms with van der Waals surface area (Å²) in [5.74, 6) is 0.939. The molecule has 1 aromatic heterocycles. The minimum Gasteiger partial charge on any atom is -0.352 e. The van der Waals surface area contributed by atoms with Crippen LogP contribution in [-0.4, -0.2) is 32.7 Å². The maximum absolute atomic E-state index is 12.2. The molecule has 6 heteroatoms. The number of amides is 1. The standard InChI is InChI=1S/C13H17N5O/c1-9(2)8-14-13(19)11-6-4-5-7-12(11)18-10(3)15-16-17-18/h4-7,9H,8H2,1-3H3,(H,14,19). The molecule has 0 aliphatic heterocycles. The van der Waals surface area contributed by atoms with Crippen LogP contribution < -0.4 is 5.32 Å². The van der Waals surface area contributed by atoms with E-state index in [-0.39, 0.29) is 5.91 Å². The van der Waals surface area contributed by atoms with Crippen LogP contribution in [0.4, 0.5) is 0 Å². The van der Waals surface area contributed by atoms with Gasteiger partial charge in [0.1, 0.15) is 0 Å². The molecule has 2 rings (SSSR count). The van der Waals surface area contributed by atoms with E-state index in [1.54, 1.807) is 17.7 Å². The normalized spacial score (nSPS) is 10.7. The highest BCUT2D eigenvalue weighted by Crippen LogP contribution is 2.14. The molecule has 0 spiro atoms. The number of nitrogens with zero attached hydrogens (tertiary/aromatic N) is 4. The number of carbonyl (C=O) groups is 1. The summed E-state index contributed by atoms with van der Waals surface area (Å²) >= 11 is 0. The molecule has 0 aliphatic carbocycles. The Morgan fingerprint density at radius 1 is 1.37 bits per heavy atom. The van der Waals surface area contributed by atoms with Crippen molar-refractivity contribution in [2.75, 3.05) is 6.54 Å². The maximum atomic E-state index is 12.2. The SMILES string of the molecule is Cc1nnnn1-c1ccccc1C(=O)NCC(C)C. The number of benzene rings is 1.